The smallest absolute Gasteiger partial charge is 0.126 e. The Morgan fingerprint density at radius 1 is 1.08 bits per heavy atom. The van der Waals surface area contributed by atoms with Gasteiger partial charge in [0.1, 0.15) is 5.82 Å². The molecule has 64 valence electrons. The third kappa shape index (κ3) is 1.13. The fraction of sp³-hybridized carbons (Fsp3) is 0.455. The molecule has 0 saturated carbocycles. The minimum absolute atomic E-state index is 0.00435. The summed E-state index contributed by atoms with van der Waals surface area (Å²) in [4.78, 5) is 0. The van der Waals surface area contributed by atoms with Crippen molar-refractivity contribution in [3.8, 4) is 0 Å². The predicted molar refractivity (Wildman–Crippen MR) is 47.8 cm³/mol. The average molecular weight is 164 g/mol. The van der Waals surface area contributed by atoms with E-state index in [0.29, 0.717) is 0 Å². The van der Waals surface area contributed by atoms with Gasteiger partial charge in [0.15, 0.2) is 0 Å². The zero-order valence-electron chi connectivity index (χ0n) is 7.36. The van der Waals surface area contributed by atoms with Crippen LogP contribution in [-0.4, -0.2) is 0 Å². The maximum atomic E-state index is 13.3. The Hall–Kier alpha value is -0.850. The lowest BCUT2D eigenvalue weighted by atomic mass is 9.88. The molecular formula is C11H13F. The Kier molecular flexibility index (Phi) is 1.87. The van der Waals surface area contributed by atoms with Gasteiger partial charge in [0.05, 0.1) is 0 Å². The van der Waals surface area contributed by atoms with Crippen LogP contribution in [0.5, 0.6) is 0 Å². The van der Waals surface area contributed by atoms with Crippen molar-refractivity contribution in [3.05, 3.63) is 34.6 Å². The Bertz CT molecular complexity index is 271. The molecule has 0 fully saturated rings. The summed E-state index contributed by atoms with van der Waals surface area (Å²) in [6.07, 6.45) is 4.37. The first kappa shape index (κ1) is 7.78. The topological polar surface area (TPSA) is 0 Å². The summed E-state index contributed by atoms with van der Waals surface area (Å²) in [7, 11) is 0. The Morgan fingerprint density at radius 3 is 2.42 bits per heavy atom. The number of hydrogen-bond acceptors (Lipinski definition) is 0. The van der Waals surface area contributed by atoms with Crippen molar-refractivity contribution in [2.24, 2.45) is 0 Å². The van der Waals surface area contributed by atoms with Gasteiger partial charge in [-0.2, -0.15) is 0 Å². The highest BCUT2D eigenvalue weighted by molar-refractivity contribution is 5.37. The van der Waals surface area contributed by atoms with Gasteiger partial charge in [0.25, 0.3) is 0 Å². The van der Waals surface area contributed by atoms with Crippen molar-refractivity contribution in [2.75, 3.05) is 0 Å². The van der Waals surface area contributed by atoms with Crippen LogP contribution >= 0.6 is 0 Å². The minimum Gasteiger partial charge on any atom is -0.207 e. The van der Waals surface area contributed by atoms with Crippen LogP contribution in [0.15, 0.2) is 12.1 Å². The highest BCUT2D eigenvalue weighted by atomic mass is 19.1. The second-order valence-electron chi connectivity index (χ2n) is 3.53. The molecule has 0 radical (unpaired) electrons. The number of fused-ring (bicyclic) bond motifs is 1. The highest BCUT2D eigenvalue weighted by Crippen LogP contribution is 2.26. The standard InChI is InChI=1S/C11H13F/c1-8-6-7-11(12)10-5-3-2-4-9(8)10/h6-7H,2-5H2,1H3. The van der Waals surface area contributed by atoms with Crippen LogP contribution in [0.1, 0.15) is 29.5 Å². The molecule has 0 atom stereocenters. The summed E-state index contributed by atoms with van der Waals surface area (Å²) in [5.74, 6) is -0.00435. The first-order valence-electron chi connectivity index (χ1n) is 4.56. The minimum atomic E-state index is -0.00435. The first-order valence-corrected chi connectivity index (χ1v) is 4.56. The van der Waals surface area contributed by atoms with Crippen LogP contribution in [-0.2, 0) is 12.8 Å². The van der Waals surface area contributed by atoms with E-state index in [1.54, 1.807) is 6.07 Å². The molecule has 0 bridgehead atoms. The van der Waals surface area contributed by atoms with Crippen molar-refractivity contribution >= 4 is 0 Å². The van der Waals surface area contributed by atoms with Crippen LogP contribution in [0, 0.1) is 12.7 Å². The summed E-state index contributed by atoms with van der Waals surface area (Å²) < 4.78 is 13.3. The molecule has 0 saturated heterocycles. The SMILES string of the molecule is Cc1ccc(F)c2c1CCCC2. The number of halogens is 1. The van der Waals surface area contributed by atoms with E-state index in [1.807, 2.05) is 6.07 Å². The van der Waals surface area contributed by atoms with Gasteiger partial charge >= 0.3 is 0 Å². The van der Waals surface area contributed by atoms with E-state index in [4.69, 9.17) is 0 Å². The largest absolute Gasteiger partial charge is 0.207 e. The van der Waals surface area contributed by atoms with Crippen LogP contribution in [0.2, 0.25) is 0 Å². The molecule has 0 nitrogen and oxygen atoms in total. The predicted octanol–water partition coefficient (Wildman–Crippen LogP) is 3.01. The van der Waals surface area contributed by atoms with Gasteiger partial charge in [-0.05, 0) is 55.4 Å². The summed E-state index contributed by atoms with van der Waals surface area (Å²) in [5.41, 5.74) is 3.49. The van der Waals surface area contributed by atoms with Gasteiger partial charge in [-0.1, -0.05) is 6.07 Å². The van der Waals surface area contributed by atoms with E-state index < -0.39 is 0 Å². The fourth-order valence-electron chi connectivity index (χ4n) is 2.00. The zero-order chi connectivity index (χ0) is 8.55. The number of benzene rings is 1. The van der Waals surface area contributed by atoms with Crippen LogP contribution in [0.4, 0.5) is 4.39 Å². The second kappa shape index (κ2) is 2.89. The van der Waals surface area contributed by atoms with E-state index in [9.17, 15) is 4.39 Å². The van der Waals surface area contributed by atoms with Crippen molar-refractivity contribution in [1.82, 2.24) is 0 Å². The van der Waals surface area contributed by atoms with E-state index >= 15 is 0 Å². The summed E-state index contributed by atoms with van der Waals surface area (Å²) >= 11 is 0. The molecule has 2 rings (SSSR count). The average Bonchev–Trinajstić information content (AvgIpc) is 2.12. The third-order valence-electron chi connectivity index (χ3n) is 2.71. The maximum Gasteiger partial charge on any atom is 0.126 e. The van der Waals surface area contributed by atoms with E-state index in [2.05, 4.69) is 6.92 Å². The van der Waals surface area contributed by atoms with Crippen LogP contribution in [0.3, 0.4) is 0 Å². The Balaban J connectivity index is 2.57. The van der Waals surface area contributed by atoms with Gasteiger partial charge in [-0.3, -0.25) is 0 Å². The molecular weight excluding hydrogens is 151 g/mol. The molecule has 0 amide bonds. The number of rotatable bonds is 0. The molecule has 1 aromatic carbocycles. The van der Waals surface area contributed by atoms with Gasteiger partial charge in [-0.25, -0.2) is 4.39 Å². The quantitative estimate of drug-likeness (QED) is 0.553. The molecule has 0 aromatic heterocycles. The normalized spacial score (nSPS) is 15.8. The van der Waals surface area contributed by atoms with Crippen LogP contribution < -0.4 is 0 Å². The molecule has 0 heterocycles. The van der Waals surface area contributed by atoms with Crippen molar-refractivity contribution < 1.29 is 4.39 Å². The fourth-order valence-corrected chi connectivity index (χ4v) is 2.00. The molecule has 0 N–H and O–H groups in total. The molecule has 1 aromatic rings. The lowest BCUT2D eigenvalue weighted by molar-refractivity contribution is 0.577. The monoisotopic (exact) mass is 164 g/mol. The number of aryl methyl sites for hydroxylation is 1. The Labute approximate surface area is 72.4 Å². The summed E-state index contributed by atoms with van der Waals surface area (Å²) in [6.45, 7) is 2.07. The molecule has 1 heteroatoms. The highest BCUT2D eigenvalue weighted by Gasteiger charge is 2.14. The summed E-state index contributed by atoms with van der Waals surface area (Å²) in [6, 6.07) is 3.49. The molecule has 0 unspecified atom stereocenters. The first-order chi connectivity index (χ1) is 5.79. The molecule has 0 aliphatic heterocycles. The Morgan fingerprint density at radius 2 is 1.75 bits per heavy atom. The van der Waals surface area contributed by atoms with E-state index in [-0.39, 0.29) is 5.82 Å². The third-order valence-corrected chi connectivity index (χ3v) is 2.71. The summed E-state index contributed by atoms with van der Waals surface area (Å²) in [5, 5.41) is 0. The number of hydrogen-bond donors (Lipinski definition) is 0. The van der Waals surface area contributed by atoms with Gasteiger partial charge in [0, 0.05) is 0 Å². The van der Waals surface area contributed by atoms with Gasteiger partial charge in [-0.15, -0.1) is 0 Å². The molecule has 0 spiro atoms. The van der Waals surface area contributed by atoms with Crippen LogP contribution in [0.25, 0.3) is 0 Å². The van der Waals surface area contributed by atoms with Gasteiger partial charge in [0.2, 0.25) is 0 Å². The van der Waals surface area contributed by atoms with E-state index in [1.165, 1.54) is 17.5 Å². The molecule has 12 heavy (non-hydrogen) atoms. The molecule has 1 aliphatic rings. The molecule has 1 aliphatic carbocycles. The second-order valence-corrected chi connectivity index (χ2v) is 3.53. The van der Waals surface area contributed by atoms with E-state index in [0.717, 1.165) is 24.8 Å². The van der Waals surface area contributed by atoms with Crippen molar-refractivity contribution in [1.29, 1.82) is 0 Å². The lowest BCUT2D eigenvalue weighted by Gasteiger charge is -2.18. The van der Waals surface area contributed by atoms with Crippen molar-refractivity contribution in [3.63, 3.8) is 0 Å². The lowest BCUT2D eigenvalue weighted by Crippen LogP contribution is -2.06. The zero-order valence-corrected chi connectivity index (χ0v) is 7.36. The van der Waals surface area contributed by atoms with Gasteiger partial charge < -0.3 is 0 Å². The maximum absolute atomic E-state index is 13.3. The van der Waals surface area contributed by atoms with Crippen molar-refractivity contribution in [2.45, 2.75) is 32.6 Å².